The summed E-state index contributed by atoms with van der Waals surface area (Å²) in [6.45, 7) is 5.62. The van der Waals surface area contributed by atoms with Gasteiger partial charge in [0.2, 0.25) is 0 Å². The van der Waals surface area contributed by atoms with Crippen LogP contribution in [0.25, 0.3) is 0 Å². The molecule has 2 atom stereocenters. The minimum Gasteiger partial charge on any atom is -0.385 e. The molecule has 0 aromatic carbocycles. The lowest BCUT2D eigenvalue weighted by Crippen LogP contribution is -2.29. The number of hydrogen-bond acceptors (Lipinski definition) is 1. The first kappa shape index (κ1) is 8.58. The fourth-order valence-corrected chi connectivity index (χ4v) is 2.01. The van der Waals surface area contributed by atoms with Crippen LogP contribution in [0.1, 0.15) is 32.6 Å². The van der Waals surface area contributed by atoms with Gasteiger partial charge in [-0.05, 0) is 31.3 Å². The highest BCUT2D eigenvalue weighted by Gasteiger charge is 2.37. The number of rotatable bonds is 2. The van der Waals surface area contributed by atoms with Crippen molar-refractivity contribution in [2.75, 3.05) is 0 Å². The van der Waals surface area contributed by atoms with E-state index in [-0.39, 0.29) is 0 Å². The molecule has 0 saturated heterocycles. The van der Waals surface area contributed by atoms with Crippen molar-refractivity contribution in [3.8, 4) is 0 Å². The summed E-state index contributed by atoms with van der Waals surface area (Å²) in [5, 5.41) is 9.99. The van der Waals surface area contributed by atoms with Crippen LogP contribution in [0.3, 0.4) is 0 Å². The Labute approximate surface area is 68.4 Å². The van der Waals surface area contributed by atoms with Gasteiger partial charge < -0.3 is 5.11 Å². The average Bonchev–Trinajstić information content (AvgIpc) is 2.31. The van der Waals surface area contributed by atoms with E-state index in [0.717, 1.165) is 25.7 Å². The van der Waals surface area contributed by atoms with Crippen molar-refractivity contribution in [3.05, 3.63) is 18.4 Å². The zero-order valence-corrected chi connectivity index (χ0v) is 7.14. The van der Waals surface area contributed by atoms with Crippen molar-refractivity contribution in [1.82, 2.24) is 0 Å². The maximum Gasteiger partial charge on any atom is 0.0928 e. The van der Waals surface area contributed by atoms with E-state index in [9.17, 15) is 5.11 Å². The number of aliphatic hydroxyl groups is 1. The molecule has 1 aliphatic rings. The van der Waals surface area contributed by atoms with Gasteiger partial charge >= 0.3 is 0 Å². The van der Waals surface area contributed by atoms with E-state index in [4.69, 9.17) is 0 Å². The van der Waals surface area contributed by atoms with E-state index in [1.165, 1.54) is 0 Å². The average molecular weight is 152 g/mol. The summed E-state index contributed by atoms with van der Waals surface area (Å²) in [5.74, 6) is 0.428. The molecule has 1 aliphatic carbocycles. The second-order valence-electron chi connectivity index (χ2n) is 3.34. The van der Waals surface area contributed by atoms with E-state index in [0.29, 0.717) is 5.92 Å². The lowest BCUT2D eigenvalue weighted by molar-refractivity contribution is 0.0496. The molecule has 0 heterocycles. The second-order valence-corrected chi connectivity index (χ2v) is 3.34. The number of hydrogen-bond donors (Lipinski definition) is 1. The third-order valence-electron chi connectivity index (χ3n) is 2.68. The van der Waals surface area contributed by atoms with Crippen LogP contribution in [-0.2, 0) is 0 Å². The van der Waals surface area contributed by atoms with Gasteiger partial charge in [0.25, 0.3) is 0 Å². The van der Waals surface area contributed by atoms with Crippen molar-refractivity contribution in [1.29, 1.82) is 0 Å². The van der Waals surface area contributed by atoms with E-state index >= 15 is 0 Å². The Kier molecular flexibility index (Phi) is 2.53. The van der Waals surface area contributed by atoms with Gasteiger partial charge in [-0.15, -0.1) is 5.73 Å². The molecule has 62 valence electrons. The smallest absolute Gasteiger partial charge is 0.0928 e. The summed E-state index contributed by atoms with van der Waals surface area (Å²) in [6.07, 6.45) is 5.94. The van der Waals surface area contributed by atoms with Crippen molar-refractivity contribution >= 4 is 0 Å². The molecule has 1 nitrogen and oxygen atoms in total. The molecule has 0 radical (unpaired) electrons. The van der Waals surface area contributed by atoms with Crippen LogP contribution in [0.4, 0.5) is 0 Å². The maximum absolute atomic E-state index is 9.99. The Balaban J connectivity index is 2.74. The van der Waals surface area contributed by atoms with Crippen molar-refractivity contribution < 1.29 is 5.11 Å². The molecule has 1 N–H and O–H groups in total. The van der Waals surface area contributed by atoms with Crippen LogP contribution < -0.4 is 0 Å². The Morgan fingerprint density at radius 2 is 2.55 bits per heavy atom. The summed E-state index contributed by atoms with van der Waals surface area (Å²) in [5.41, 5.74) is 2.10. The van der Waals surface area contributed by atoms with Gasteiger partial charge in [-0.3, -0.25) is 0 Å². The molecule has 1 rings (SSSR count). The van der Waals surface area contributed by atoms with Crippen LogP contribution >= 0.6 is 0 Å². The molecule has 11 heavy (non-hydrogen) atoms. The molecule has 0 spiro atoms. The molecule has 1 fully saturated rings. The zero-order valence-electron chi connectivity index (χ0n) is 7.14. The van der Waals surface area contributed by atoms with Gasteiger partial charge in [-0.25, -0.2) is 0 Å². The Morgan fingerprint density at radius 3 is 3.09 bits per heavy atom. The molecule has 0 bridgehead atoms. The van der Waals surface area contributed by atoms with Crippen LogP contribution in [-0.4, -0.2) is 10.7 Å². The molecule has 1 saturated carbocycles. The van der Waals surface area contributed by atoms with Gasteiger partial charge in [0.1, 0.15) is 0 Å². The lowest BCUT2D eigenvalue weighted by Gasteiger charge is -2.24. The Hall–Kier alpha value is -0.520. The first-order valence-corrected chi connectivity index (χ1v) is 4.32. The largest absolute Gasteiger partial charge is 0.385 e. The van der Waals surface area contributed by atoms with Gasteiger partial charge in [-0.2, -0.15) is 0 Å². The molecule has 0 aromatic rings. The van der Waals surface area contributed by atoms with Gasteiger partial charge in [-0.1, -0.05) is 19.9 Å². The Bertz CT molecular complexity index is 179. The van der Waals surface area contributed by atoms with Crippen LogP contribution in [0.5, 0.6) is 0 Å². The summed E-state index contributed by atoms with van der Waals surface area (Å²) in [4.78, 5) is 0. The van der Waals surface area contributed by atoms with Crippen molar-refractivity contribution in [2.24, 2.45) is 5.92 Å². The third-order valence-corrected chi connectivity index (χ3v) is 2.68. The minimum absolute atomic E-state index is 0.428. The first-order chi connectivity index (χ1) is 5.23. The maximum atomic E-state index is 9.99. The van der Waals surface area contributed by atoms with E-state index in [2.05, 4.69) is 19.2 Å². The van der Waals surface area contributed by atoms with Crippen molar-refractivity contribution in [2.45, 2.75) is 38.2 Å². The highest BCUT2D eigenvalue weighted by molar-refractivity contribution is 5.05. The zero-order chi connectivity index (χ0) is 8.32. The fourth-order valence-electron chi connectivity index (χ4n) is 2.01. The highest BCUT2D eigenvalue weighted by Crippen LogP contribution is 2.38. The predicted molar refractivity (Wildman–Crippen MR) is 46.3 cm³/mol. The molecule has 1 heteroatoms. The SMILES string of the molecule is C=C=CC1(O)CCCC1CC. The van der Waals surface area contributed by atoms with Crippen LogP contribution in [0.15, 0.2) is 18.4 Å². The van der Waals surface area contributed by atoms with Gasteiger partial charge in [0.05, 0.1) is 5.60 Å². The summed E-state index contributed by atoms with van der Waals surface area (Å²) < 4.78 is 0. The lowest BCUT2D eigenvalue weighted by atomic mass is 9.89. The molecular weight excluding hydrogens is 136 g/mol. The standard InChI is InChI=1S/C10H16O/c1-3-7-10(11)8-5-6-9(10)4-2/h7,9,11H,1,4-6,8H2,2H3. The second kappa shape index (κ2) is 3.25. The van der Waals surface area contributed by atoms with Crippen molar-refractivity contribution in [3.63, 3.8) is 0 Å². The monoisotopic (exact) mass is 152 g/mol. The topological polar surface area (TPSA) is 20.2 Å². The van der Waals surface area contributed by atoms with Crippen LogP contribution in [0, 0.1) is 5.92 Å². The minimum atomic E-state index is -0.587. The van der Waals surface area contributed by atoms with E-state index in [1.807, 2.05) is 0 Å². The van der Waals surface area contributed by atoms with Gasteiger partial charge in [0.15, 0.2) is 0 Å². The van der Waals surface area contributed by atoms with Gasteiger partial charge in [0, 0.05) is 0 Å². The quantitative estimate of drug-likeness (QED) is 0.602. The summed E-state index contributed by atoms with van der Waals surface area (Å²) in [7, 11) is 0. The third kappa shape index (κ3) is 1.55. The molecule has 0 aliphatic heterocycles. The Morgan fingerprint density at radius 1 is 1.82 bits per heavy atom. The normalized spacial score (nSPS) is 36.7. The highest BCUT2D eigenvalue weighted by atomic mass is 16.3. The molecular formula is C10H16O. The first-order valence-electron chi connectivity index (χ1n) is 4.32. The molecule has 0 aromatic heterocycles. The predicted octanol–water partition coefficient (Wildman–Crippen LogP) is 2.27. The van der Waals surface area contributed by atoms with Crippen LogP contribution in [0.2, 0.25) is 0 Å². The molecule has 0 amide bonds. The van der Waals surface area contributed by atoms with E-state index < -0.39 is 5.60 Å². The molecule has 2 unspecified atom stereocenters. The summed E-state index contributed by atoms with van der Waals surface area (Å²) >= 11 is 0. The summed E-state index contributed by atoms with van der Waals surface area (Å²) in [6, 6.07) is 0. The fraction of sp³-hybridized carbons (Fsp3) is 0.700. The van der Waals surface area contributed by atoms with E-state index in [1.54, 1.807) is 6.08 Å².